The highest BCUT2D eigenvalue weighted by molar-refractivity contribution is 6.32. The molecule has 3 aromatic carbocycles. The van der Waals surface area contributed by atoms with Gasteiger partial charge in [-0.25, -0.2) is 10.2 Å². The minimum atomic E-state index is -0.486. The van der Waals surface area contributed by atoms with E-state index in [4.69, 9.17) is 21.1 Å². The molecule has 0 saturated carbocycles. The van der Waals surface area contributed by atoms with Gasteiger partial charge in [-0.15, -0.1) is 0 Å². The molecule has 3 rings (SSSR count). The van der Waals surface area contributed by atoms with Crippen molar-refractivity contribution in [1.29, 1.82) is 0 Å². The Morgan fingerprint density at radius 3 is 2.29 bits per heavy atom. The summed E-state index contributed by atoms with van der Waals surface area (Å²) in [7, 11) is 1.64. The van der Waals surface area contributed by atoms with Crippen LogP contribution in [0.2, 0.25) is 5.02 Å². The van der Waals surface area contributed by atoms with Gasteiger partial charge in [0.2, 0.25) is 0 Å². The zero-order valence-corrected chi connectivity index (χ0v) is 20.1. The van der Waals surface area contributed by atoms with Gasteiger partial charge in [0, 0.05) is 19.2 Å². The van der Waals surface area contributed by atoms with Crippen molar-refractivity contribution in [1.82, 2.24) is 15.8 Å². The number of nitrogens with zero attached hydrogens (tertiary/aromatic N) is 1. The molecule has 0 aliphatic carbocycles. The van der Waals surface area contributed by atoms with Crippen molar-refractivity contribution in [3.63, 3.8) is 0 Å². The highest BCUT2D eigenvalue weighted by atomic mass is 35.5. The lowest BCUT2D eigenvalue weighted by Crippen LogP contribution is -2.47. The minimum absolute atomic E-state index is 0.0370. The fraction of sp³-hybridized carbons (Fsp3) is 0.231. The van der Waals surface area contributed by atoms with Crippen LogP contribution in [0.15, 0.2) is 72.8 Å². The van der Waals surface area contributed by atoms with E-state index in [0.29, 0.717) is 29.5 Å². The summed E-state index contributed by atoms with van der Waals surface area (Å²) in [4.78, 5) is 26.2. The molecule has 3 amide bonds. The standard InChI is InChI=1S/C26H28ClN3O4/c1-18(2)34-24-14-11-21(15-23(24)27)25(31)28-29-26(32)30(3)16-19-9-12-22(13-10-19)33-17-20-7-5-4-6-8-20/h4-15,18H,16-17H2,1-3H3,(H,28,31)(H,29,32). The Kier molecular flexibility index (Phi) is 8.76. The SMILES string of the molecule is CC(C)Oc1ccc(C(=O)NNC(=O)N(C)Cc2ccc(OCc3ccccc3)cc2)cc1Cl. The van der Waals surface area contributed by atoms with Crippen LogP contribution in [-0.2, 0) is 13.2 Å². The predicted octanol–water partition coefficient (Wildman–Crippen LogP) is 5.19. The normalized spacial score (nSPS) is 10.5. The number of urea groups is 1. The van der Waals surface area contributed by atoms with Crippen LogP contribution in [0.1, 0.15) is 35.3 Å². The molecule has 0 aliphatic rings. The summed E-state index contributed by atoms with van der Waals surface area (Å²) in [6.45, 7) is 4.61. The van der Waals surface area contributed by atoms with Crippen LogP contribution in [-0.4, -0.2) is 30.0 Å². The Morgan fingerprint density at radius 2 is 1.65 bits per heavy atom. The van der Waals surface area contributed by atoms with Crippen molar-refractivity contribution >= 4 is 23.5 Å². The molecular weight excluding hydrogens is 454 g/mol. The maximum Gasteiger partial charge on any atom is 0.336 e. The molecular formula is C26H28ClN3O4. The Morgan fingerprint density at radius 1 is 0.941 bits per heavy atom. The number of ether oxygens (including phenoxy) is 2. The lowest BCUT2D eigenvalue weighted by atomic mass is 10.2. The van der Waals surface area contributed by atoms with Crippen LogP contribution in [0, 0.1) is 0 Å². The lowest BCUT2D eigenvalue weighted by Gasteiger charge is -2.19. The highest BCUT2D eigenvalue weighted by Gasteiger charge is 2.13. The third-order valence-electron chi connectivity index (χ3n) is 4.78. The van der Waals surface area contributed by atoms with Crippen molar-refractivity contribution in [2.45, 2.75) is 33.1 Å². The second-order valence-corrected chi connectivity index (χ2v) is 8.38. The van der Waals surface area contributed by atoms with E-state index < -0.39 is 11.9 Å². The van der Waals surface area contributed by atoms with E-state index in [2.05, 4.69) is 10.9 Å². The van der Waals surface area contributed by atoms with Gasteiger partial charge in [-0.1, -0.05) is 54.1 Å². The van der Waals surface area contributed by atoms with E-state index in [9.17, 15) is 9.59 Å². The summed E-state index contributed by atoms with van der Waals surface area (Å²) >= 11 is 6.17. The van der Waals surface area contributed by atoms with Crippen molar-refractivity contribution in [3.05, 3.63) is 94.5 Å². The van der Waals surface area contributed by atoms with Gasteiger partial charge in [-0.05, 0) is 55.3 Å². The number of rotatable bonds is 8. The molecule has 0 fully saturated rings. The largest absolute Gasteiger partial charge is 0.489 e. The quantitative estimate of drug-likeness (QED) is 0.434. The Labute approximate surface area is 204 Å². The summed E-state index contributed by atoms with van der Waals surface area (Å²) in [6, 6.07) is 21.7. The Hall–Kier alpha value is -3.71. The molecule has 8 heteroatoms. The van der Waals surface area contributed by atoms with Gasteiger partial charge in [0.25, 0.3) is 5.91 Å². The molecule has 0 unspecified atom stereocenters. The molecule has 178 valence electrons. The molecule has 0 heterocycles. The van der Waals surface area contributed by atoms with Gasteiger partial charge in [-0.2, -0.15) is 0 Å². The van der Waals surface area contributed by atoms with E-state index in [1.165, 1.54) is 11.0 Å². The summed E-state index contributed by atoms with van der Waals surface area (Å²) in [5.74, 6) is 0.753. The number of hydrazine groups is 1. The average Bonchev–Trinajstić information content (AvgIpc) is 2.83. The molecule has 34 heavy (non-hydrogen) atoms. The molecule has 0 saturated heterocycles. The second kappa shape index (κ2) is 12.0. The molecule has 0 aliphatic heterocycles. The van der Waals surface area contributed by atoms with Gasteiger partial charge in [0.1, 0.15) is 18.1 Å². The summed E-state index contributed by atoms with van der Waals surface area (Å²) in [5, 5.41) is 0.320. The van der Waals surface area contributed by atoms with Crippen LogP contribution in [0.3, 0.4) is 0 Å². The number of nitrogens with one attached hydrogen (secondary N) is 2. The first-order chi connectivity index (χ1) is 16.3. The van der Waals surface area contributed by atoms with Crippen LogP contribution in [0.4, 0.5) is 4.79 Å². The first-order valence-electron chi connectivity index (χ1n) is 10.8. The van der Waals surface area contributed by atoms with Gasteiger partial charge >= 0.3 is 6.03 Å². The van der Waals surface area contributed by atoms with Crippen molar-refractivity contribution in [3.8, 4) is 11.5 Å². The number of carbonyl (C=O) groups excluding carboxylic acids is 2. The summed E-state index contributed by atoms with van der Waals surface area (Å²) in [5.41, 5.74) is 7.11. The smallest absolute Gasteiger partial charge is 0.336 e. The number of hydrogen-bond acceptors (Lipinski definition) is 4. The summed E-state index contributed by atoms with van der Waals surface area (Å²) < 4.78 is 11.3. The number of amides is 3. The third-order valence-corrected chi connectivity index (χ3v) is 5.07. The van der Waals surface area contributed by atoms with Crippen LogP contribution >= 0.6 is 11.6 Å². The van der Waals surface area contributed by atoms with E-state index in [0.717, 1.165) is 16.9 Å². The molecule has 0 spiro atoms. The summed E-state index contributed by atoms with van der Waals surface area (Å²) in [6.07, 6.45) is -0.0370. The minimum Gasteiger partial charge on any atom is -0.489 e. The fourth-order valence-electron chi connectivity index (χ4n) is 3.05. The average molecular weight is 482 g/mol. The number of benzene rings is 3. The van der Waals surface area contributed by atoms with Crippen molar-refractivity contribution in [2.24, 2.45) is 0 Å². The van der Waals surface area contributed by atoms with Crippen molar-refractivity contribution < 1.29 is 19.1 Å². The van der Waals surface area contributed by atoms with E-state index in [-0.39, 0.29) is 6.10 Å². The topological polar surface area (TPSA) is 79.9 Å². The van der Waals surface area contributed by atoms with E-state index in [1.807, 2.05) is 68.4 Å². The van der Waals surface area contributed by atoms with E-state index >= 15 is 0 Å². The molecule has 0 bridgehead atoms. The van der Waals surface area contributed by atoms with Gasteiger partial charge in [0.05, 0.1) is 11.1 Å². The maximum atomic E-state index is 12.4. The zero-order valence-electron chi connectivity index (χ0n) is 19.4. The monoisotopic (exact) mass is 481 g/mol. The molecule has 7 nitrogen and oxygen atoms in total. The van der Waals surface area contributed by atoms with Crippen LogP contribution in [0.5, 0.6) is 11.5 Å². The van der Waals surface area contributed by atoms with Gasteiger partial charge in [-0.3, -0.25) is 10.2 Å². The van der Waals surface area contributed by atoms with E-state index in [1.54, 1.807) is 19.2 Å². The first kappa shape index (κ1) is 24.9. The molecule has 0 atom stereocenters. The van der Waals surface area contributed by atoms with Gasteiger partial charge in [0.15, 0.2) is 0 Å². The highest BCUT2D eigenvalue weighted by Crippen LogP contribution is 2.26. The predicted molar refractivity (Wildman–Crippen MR) is 132 cm³/mol. The fourth-order valence-corrected chi connectivity index (χ4v) is 3.27. The third kappa shape index (κ3) is 7.42. The van der Waals surface area contributed by atoms with Crippen LogP contribution < -0.4 is 20.3 Å². The van der Waals surface area contributed by atoms with Crippen molar-refractivity contribution in [2.75, 3.05) is 7.05 Å². The van der Waals surface area contributed by atoms with Crippen LogP contribution in [0.25, 0.3) is 0 Å². The Bertz CT molecular complexity index is 1100. The molecule has 3 aromatic rings. The number of halogens is 1. The Balaban J connectivity index is 1.46. The molecule has 2 N–H and O–H groups in total. The second-order valence-electron chi connectivity index (χ2n) is 7.97. The maximum absolute atomic E-state index is 12.4. The van der Waals surface area contributed by atoms with Gasteiger partial charge < -0.3 is 14.4 Å². The number of carbonyl (C=O) groups is 2. The number of hydrogen-bond donors (Lipinski definition) is 2. The zero-order chi connectivity index (χ0) is 24.5. The lowest BCUT2D eigenvalue weighted by molar-refractivity contribution is 0.0931. The molecule has 0 aromatic heterocycles. The first-order valence-corrected chi connectivity index (χ1v) is 11.2. The molecule has 0 radical (unpaired) electrons.